The number of nitrogens with zero attached hydrogens (tertiary/aromatic N) is 2. The van der Waals surface area contributed by atoms with Crippen LogP contribution in [0.1, 0.15) is 48.7 Å². The lowest BCUT2D eigenvalue weighted by Gasteiger charge is -2.15. The number of alkyl halides is 2. The second-order valence-corrected chi connectivity index (χ2v) is 7.09. The molecule has 0 bridgehead atoms. The molecule has 0 unspecified atom stereocenters. The number of carbonyl (C=O) groups excluding carboxylic acids is 1. The van der Waals surface area contributed by atoms with Crippen LogP contribution in [0.5, 0.6) is 0 Å². The average molecular weight is 342 g/mol. The van der Waals surface area contributed by atoms with E-state index in [1.54, 1.807) is 0 Å². The standard InChI is InChI=1S/C14H16F2N4O2S/c1-14(2)4-3-9-10(14)18-13(23-9)19-12(21)17-6-7-5-8(11(15)16)22-20-7/h5,11H,3-4,6H2,1-2H3,(H2,17,18,19,21). The zero-order valence-corrected chi connectivity index (χ0v) is 13.5. The zero-order chi connectivity index (χ0) is 16.6. The number of hydrogen-bond donors (Lipinski definition) is 2. The molecule has 0 aromatic carbocycles. The van der Waals surface area contributed by atoms with Gasteiger partial charge in [0.05, 0.1) is 12.2 Å². The van der Waals surface area contributed by atoms with Gasteiger partial charge in [0, 0.05) is 16.4 Å². The highest BCUT2D eigenvalue weighted by Gasteiger charge is 2.33. The number of carbonyl (C=O) groups is 1. The van der Waals surface area contributed by atoms with E-state index in [1.807, 2.05) is 0 Å². The van der Waals surface area contributed by atoms with Gasteiger partial charge in [0.25, 0.3) is 6.43 Å². The Labute approximate surface area is 135 Å². The van der Waals surface area contributed by atoms with Crippen molar-refractivity contribution < 1.29 is 18.1 Å². The van der Waals surface area contributed by atoms with Crippen molar-refractivity contribution in [1.29, 1.82) is 0 Å². The number of fused-ring (bicyclic) bond motifs is 1. The molecule has 0 aliphatic heterocycles. The minimum Gasteiger partial charge on any atom is -0.355 e. The Morgan fingerprint density at radius 2 is 2.30 bits per heavy atom. The number of urea groups is 1. The van der Waals surface area contributed by atoms with Crippen molar-refractivity contribution in [3.8, 4) is 0 Å². The van der Waals surface area contributed by atoms with Crippen LogP contribution >= 0.6 is 11.3 Å². The molecule has 2 heterocycles. The molecule has 1 aliphatic rings. The van der Waals surface area contributed by atoms with Gasteiger partial charge in [-0.3, -0.25) is 5.32 Å². The number of amides is 2. The Kier molecular flexibility index (Phi) is 4.05. The van der Waals surface area contributed by atoms with E-state index in [0.29, 0.717) is 5.13 Å². The maximum Gasteiger partial charge on any atom is 0.321 e. The van der Waals surface area contributed by atoms with Crippen LogP contribution in [0.25, 0.3) is 0 Å². The molecule has 0 fully saturated rings. The molecule has 9 heteroatoms. The molecule has 0 saturated carbocycles. The number of anilines is 1. The minimum atomic E-state index is -2.72. The summed E-state index contributed by atoms with van der Waals surface area (Å²) in [6.45, 7) is 4.26. The first-order chi connectivity index (χ1) is 10.8. The molecule has 0 radical (unpaired) electrons. The summed E-state index contributed by atoms with van der Waals surface area (Å²) in [6.07, 6.45) is -0.684. The van der Waals surface area contributed by atoms with Crippen molar-refractivity contribution in [1.82, 2.24) is 15.5 Å². The molecular weight excluding hydrogens is 326 g/mol. The highest BCUT2D eigenvalue weighted by atomic mass is 32.1. The van der Waals surface area contributed by atoms with E-state index < -0.39 is 18.2 Å². The van der Waals surface area contributed by atoms with Crippen molar-refractivity contribution in [2.75, 3.05) is 5.32 Å². The number of thiazole rings is 1. The largest absolute Gasteiger partial charge is 0.355 e. The molecule has 2 aromatic heterocycles. The number of halogens is 2. The fourth-order valence-corrected chi connectivity index (χ4v) is 3.61. The molecule has 1 aliphatic carbocycles. The predicted octanol–water partition coefficient (Wildman–Crippen LogP) is 3.61. The summed E-state index contributed by atoms with van der Waals surface area (Å²) < 4.78 is 29.2. The molecule has 3 rings (SSSR count). The van der Waals surface area contributed by atoms with Gasteiger partial charge in [-0.1, -0.05) is 19.0 Å². The second-order valence-electron chi connectivity index (χ2n) is 6.00. The van der Waals surface area contributed by atoms with E-state index in [4.69, 9.17) is 0 Å². The summed E-state index contributed by atoms with van der Waals surface area (Å²) >= 11 is 1.47. The maximum absolute atomic E-state index is 12.4. The summed E-state index contributed by atoms with van der Waals surface area (Å²) in [4.78, 5) is 17.5. The molecule has 0 spiro atoms. The van der Waals surface area contributed by atoms with Gasteiger partial charge in [-0.2, -0.15) is 0 Å². The molecule has 23 heavy (non-hydrogen) atoms. The highest BCUT2D eigenvalue weighted by molar-refractivity contribution is 7.16. The van der Waals surface area contributed by atoms with Crippen LogP contribution in [0, 0.1) is 0 Å². The van der Waals surface area contributed by atoms with Gasteiger partial charge < -0.3 is 9.84 Å². The monoisotopic (exact) mass is 342 g/mol. The van der Waals surface area contributed by atoms with Crippen LogP contribution in [0.2, 0.25) is 0 Å². The minimum absolute atomic E-state index is 0.00135. The predicted molar refractivity (Wildman–Crippen MR) is 80.8 cm³/mol. The summed E-state index contributed by atoms with van der Waals surface area (Å²) in [7, 11) is 0. The second kappa shape index (κ2) is 5.88. The molecule has 124 valence electrons. The Morgan fingerprint density at radius 3 is 2.96 bits per heavy atom. The number of aromatic nitrogens is 2. The van der Waals surface area contributed by atoms with Gasteiger partial charge in [0.2, 0.25) is 5.76 Å². The van der Waals surface area contributed by atoms with Crippen LogP contribution in [-0.4, -0.2) is 16.2 Å². The van der Waals surface area contributed by atoms with Crippen LogP contribution in [0.15, 0.2) is 10.6 Å². The third-order valence-electron chi connectivity index (χ3n) is 3.76. The zero-order valence-electron chi connectivity index (χ0n) is 12.7. The van der Waals surface area contributed by atoms with E-state index in [1.165, 1.54) is 16.2 Å². The lowest BCUT2D eigenvalue weighted by atomic mass is 9.91. The third kappa shape index (κ3) is 3.34. The van der Waals surface area contributed by atoms with E-state index in [-0.39, 0.29) is 17.7 Å². The summed E-state index contributed by atoms with van der Waals surface area (Å²) in [5.41, 5.74) is 1.31. The van der Waals surface area contributed by atoms with Crippen molar-refractivity contribution in [3.63, 3.8) is 0 Å². The number of rotatable bonds is 4. The fraction of sp³-hybridized carbons (Fsp3) is 0.500. The Balaban J connectivity index is 1.56. The fourth-order valence-electron chi connectivity index (χ4n) is 2.47. The first kappa shape index (κ1) is 15.9. The van der Waals surface area contributed by atoms with E-state index >= 15 is 0 Å². The van der Waals surface area contributed by atoms with Crippen molar-refractivity contribution >= 4 is 22.5 Å². The van der Waals surface area contributed by atoms with Gasteiger partial charge >= 0.3 is 6.03 Å². The van der Waals surface area contributed by atoms with E-state index in [9.17, 15) is 13.6 Å². The van der Waals surface area contributed by atoms with Crippen LogP contribution in [0.3, 0.4) is 0 Å². The molecule has 2 N–H and O–H groups in total. The van der Waals surface area contributed by atoms with Gasteiger partial charge in [-0.15, -0.1) is 11.3 Å². The lowest BCUT2D eigenvalue weighted by Crippen LogP contribution is -2.28. The summed E-state index contributed by atoms with van der Waals surface area (Å²) in [6, 6.07) is 0.655. The molecule has 2 aromatic rings. The van der Waals surface area contributed by atoms with Crippen LogP contribution < -0.4 is 10.6 Å². The Bertz CT molecular complexity index is 726. The Morgan fingerprint density at radius 1 is 1.52 bits per heavy atom. The van der Waals surface area contributed by atoms with Gasteiger partial charge in [0.1, 0.15) is 5.69 Å². The van der Waals surface area contributed by atoms with E-state index in [0.717, 1.165) is 24.6 Å². The molecule has 0 atom stereocenters. The summed E-state index contributed by atoms with van der Waals surface area (Å²) in [5.74, 6) is -0.513. The van der Waals surface area contributed by atoms with Crippen LogP contribution in [-0.2, 0) is 18.4 Å². The van der Waals surface area contributed by atoms with Gasteiger partial charge in [0.15, 0.2) is 5.13 Å². The van der Waals surface area contributed by atoms with E-state index in [2.05, 4.69) is 39.1 Å². The quantitative estimate of drug-likeness (QED) is 0.889. The van der Waals surface area contributed by atoms with Crippen molar-refractivity contribution in [2.45, 2.75) is 45.1 Å². The molecule has 2 amide bonds. The molecule has 6 nitrogen and oxygen atoms in total. The van der Waals surface area contributed by atoms with Crippen molar-refractivity contribution in [2.24, 2.45) is 0 Å². The SMILES string of the molecule is CC1(C)CCc2sc(NC(=O)NCc3cc(C(F)F)on3)nc21. The Hall–Kier alpha value is -2.03. The smallest absolute Gasteiger partial charge is 0.321 e. The first-order valence-corrected chi connectivity index (χ1v) is 7.95. The topological polar surface area (TPSA) is 80.0 Å². The van der Waals surface area contributed by atoms with Gasteiger partial charge in [-0.25, -0.2) is 18.6 Å². The molecule has 0 saturated heterocycles. The lowest BCUT2D eigenvalue weighted by molar-refractivity contribution is 0.112. The highest BCUT2D eigenvalue weighted by Crippen LogP contribution is 2.41. The van der Waals surface area contributed by atoms with Crippen LogP contribution in [0.4, 0.5) is 18.7 Å². The number of aryl methyl sites for hydroxylation is 1. The molecular formula is C14H16F2N4O2S. The van der Waals surface area contributed by atoms with Gasteiger partial charge in [-0.05, 0) is 12.8 Å². The normalized spacial score (nSPS) is 15.7. The average Bonchev–Trinajstić information content (AvgIpc) is 3.15. The van der Waals surface area contributed by atoms with Crippen molar-refractivity contribution in [3.05, 3.63) is 28.1 Å². The maximum atomic E-state index is 12.4. The number of hydrogen-bond acceptors (Lipinski definition) is 5. The third-order valence-corrected chi connectivity index (χ3v) is 4.79. The first-order valence-electron chi connectivity index (χ1n) is 7.14. The number of nitrogens with one attached hydrogen (secondary N) is 2. The summed E-state index contributed by atoms with van der Waals surface area (Å²) in [5, 5.41) is 9.20.